The second-order valence-electron chi connectivity index (χ2n) is 10.2. The quantitative estimate of drug-likeness (QED) is 0.344. The number of β-amino-alcohol motifs (C(OH)–C–C–N with tert-alkyl or cyclic N) is 1. The van der Waals surface area contributed by atoms with E-state index in [1.54, 1.807) is 29.0 Å². The first kappa shape index (κ1) is 26.4. The largest absolute Gasteiger partial charge is 0.395 e. The summed E-state index contributed by atoms with van der Waals surface area (Å²) >= 11 is 0. The van der Waals surface area contributed by atoms with Crippen molar-refractivity contribution in [2.24, 2.45) is 17.8 Å². The van der Waals surface area contributed by atoms with Crippen LogP contribution in [0.3, 0.4) is 0 Å². The van der Waals surface area contributed by atoms with Gasteiger partial charge in [-0.2, -0.15) is 0 Å². The number of fused-ring (bicyclic) bond motifs is 1. The molecule has 0 saturated carbocycles. The zero-order valence-corrected chi connectivity index (χ0v) is 21.2. The van der Waals surface area contributed by atoms with Crippen molar-refractivity contribution < 1.29 is 24.2 Å². The third-order valence-electron chi connectivity index (χ3n) is 8.13. The van der Waals surface area contributed by atoms with Gasteiger partial charge in [0.1, 0.15) is 11.6 Å². The Morgan fingerprint density at radius 2 is 1.91 bits per heavy atom. The first-order chi connectivity index (χ1) is 16.1. The number of likely N-dealkylation sites (N-methyl/N-ethyl adjacent to an activating group) is 1. The molecule has 0 aromatic carbocycles. The molecule has 6 atom stereocenters. The molecule has 0 radical (unpaired) electrons. The molecule has 1 N–H and O–H groups in total. The van der Waals surface area contributed by atoms with Gasteiger partial charge in [0.15, 0.2) is 0 Å². The lowest BCUT2D eigenvalue weighted by Crippen LogP contribution is -2.57. The lowest BCUT2D eigenvalue weighted by atomic mass is 9.62. The number of hydrogen-bond acceptors (Lipinski definition) is 5. The zero-order chi connectivity index (χ0) is 25.3. The molecule has 3 fully saturated rings. The first-order valence-electron chi connectivity index (χ1n) is 12.5. The number of likely N-dealkylation sites (tertiary alicyclic amines) is 1. The number of rotatable bonds is 12. The van der Waals surface area contributed by atoms with Crippen LogP contribution in [0.2, 0.25) is 0 Å². The number of amides is 3. The topological polar surface area (TPSA) is 90.4 Å². The van der Waals surface area contributed by atoms with Gasteiger partial charge in [-0.05, 0) is 25.7 Å². The smallest absolute Gasteiger partial charge is 0.248 e. The molecule has 0 aromatic rings. The van der Waals surface area contributed by atoms with Crippen molar-refractivity contribution >= 4 is 17.7 Å². The summed E-state index contributed by atoms with van der Waals surface area (Å²) in [5.74, 6) is -2.10. The van der Waals surface area contributed by atoms with Gasteiger partial charge in [0.25, 0.3) is 0 Å². The number of ether oxygens (including phenoxy) is 1. The Hall–Kier alpha value is -2.19. The maximum Gasteiger partial charge on any atom is 0.248 e. The molecule has 3 unspecified atom stereocenters. The highest BCUT2D eigenvalue weighted by Gasteiger charge is 2.80. The van der Waals surface area contributed by atoms with Gasteiger partial charge in [-0.3, -0.25) is 14.4 Å². The molecule has 3 aliphatic heterocycles. The normalized spacial score (nSPS) is 33.7. The summed E-state index contributed by atoms with van der Waals surface area (Å²) in [6.45, 7) is 14.6. The van der Waals surface area contributed by atoms with Gasteiger partial charge in [-0.15, -0.1) is 13.2 Å². The lowest BCUT2D eigenvalue weighted by Gasteiger charge is -2.38. The van der Waals surface area contributed by atoms with Crippen LogP contribution in [0.15, 0.2) is 25.3 Å². The predicted octanol–water partition coefficient (Wildman–Crippen LogP) is 1.84. The van der Waals surface area contributed by atoms with Crippen molar-refractivity contribution in [3.63, 3.8) is 0 Å². The predicted molar refractivity (Wildman–Crippen MR) is 130 cm³/mol. The highest BCUT2D eigenvalue weighted by Crippen LogP contribution is 2.65. The van der Waals surface area contributed by atoms with E-state index in [2.05, 4.69) is 20.1 Å². The van der Waals surface area contributed by atoms with Crippen molar-refractivity contribution in [3.05, 3.63) is 25.3 Å². The summed E-state index contributed by atoms with van der Waals surface area (Å²) in [5.41, 5.74) is -1.93. The van der Waals surface area contributed by atoms with E-state index in [4.69, 9.17) is 4.74 Å². The highest BCUT2D eigenvalue weighted by molar-refractivity contribution is 5.99. The Labute approximate surface area is 203 Å². The van der Waals surface area contributed by atoms with Crippen LogP contribution >= 0.6 is 0 Å². The maximum atomic E-state index is 14.0. The summed E-state index contributed by atoms with van der Waals surface area (Å²) in [5, 5.41) is 9.76. The van der Waals surface area contributed by atoms with Gasteiger partial charge in [-0.1, -0.05) is 38.8 Å². The first-order valence-corrected chi connectivity index (χ1v) is 12.5. The van der Waals surface area contributed by atoms with Gasteiger partial charge >= 0.3 is 0 Å². The molecule has 1 spiro atoms. The third kappa shape index (κ3) is 3.98. The maximum absolute atomic E-state index is 14.0. The van der Waals surface area contributed by atoms with E-state index in [0.717, 1.165) is 19.3 Å². The molecule has 3 rings (SSSR count). The molecule has 0 aromatic heterocycles. The molecular formula is C26H41N3O5. The van der Waals surface area contributed by atoms with Crippen molar-refractivity contribution in [1.29, 1.82) is 0 Å². The average Bonchev–Trinajstić information content (AvgIpc) is 3.30. The Kier molecular flexibility index (Phi) is 7.92. The van der Waals surface area contributed by atoms with E-state index in [1.165, 1.54) is 4.90 Å². The van der Waals surface area contributed by atoms with E-state index >= 15 is 0 Å². The molecule has 3 aliphatic rings. The Morgan fingerprint density at radius 1 is 1.24 bits per heavy atom. The fraction of sp³-hybridized carbons (Fsp3) is 0.731. The van der Waals surface area contributed by atoms with E-state index in [0.29, 0.717) is 26.1 Å². The summed E-state index contributed by atoms with van der Waals surface area (Å²) in [6, 6.07) is -0.870. The standard InChI is InChI=1S/C26H41N3O5/c1-7-10-11-14-28(13-9-3)24(33)21-26-17-18(4)25(5,34-26)19(22(31)27(6)12-8-2)20(26)23(32)29(21)15-16-30/h8-9,18-21,30H,2-3,7,10-17H2,1,4-6H3/t18?,19-,20+,21?,25+,26?/m1/s1. The van der Waals surface area contributed by atoms with E-state index in [1.807, 2.05) is 13.8 Å². The molecule has 3 saturated heterocycles. The minimum atomic E-state index is -1.09. The van der Waals surface area contributed by atoms with Crippen molar-refractivity contribution in [1.82, 2.24) is 14.7 Å². The SMILES string of the molecule is C=CCN(C)C(=O)[C@H]1[C@H]2C(=O)N(CCO)C(C(=O)N(CC=C)CCCCC)C23CC(C)[C@]1(C)O3. The average molecular weight is 476 g/mol. The van der Waals surface area contributed by atoms with Gasteiger partial charge in [0, 0.05) is 33.2 Å². The number of unbranched alkanes of at least 4 members (excludes halogenated alkanes) is 2. The van der Waals surface area contributed by atoms with Crippen LogP contribution < -0.4 is 0 Å². The number of aliphatic hydroxyl groups is 1. The van der Waals surface area contributed by atoms with Crippen molar-refractivity contribution in [2.45, 2.75) is 63.7 Å². The lowest BCUT2D eigenvalue weighted by molar-refractivity contribution is -0.154. The van der Waals surface area contributed by atoms with E-state index < -0.39 is 29.1 Å². The fourth-order valence-corrected chi connectivity index (χ4v) is 6.44. The van der Waals surface area contributed by atoms with Gasteiger partial charge in [0.2, 0.25) is 17.7 Å². The van der Waals surface area contributed by atoms with Crippen LogP contribution in [0.1, 0.15) is 46.5 Å². The highest BCUT2D eigenvalue weighted by atomic mass is 16.5. The number of hydrogen-bond donors (Lipinski definition) is 1. The number of aliphatic hydroxyl groups excluding tert-OH is 1. The molecule has 3 amide bonds. The van der Waals surface area contributed by atoms with Crippen LogP contribution in [-0.4, -0.2) is 94.6 Å². The van der Waals surface area contributed by atoms with Crippen LogP contribution in [0.4, 0.5) is 0 Å². The summed E-state index contributed by atoms with van der Waals surface area (Å²) < 4.78 is 6.69. The monoisotopic (exact) mass is 475 g/mol. The van der Waals surface area contributed by atoms with Crippen LogP contribution in [0, 0.1) is 17.8 Å². The van der Waals surface area contributed by atoms with E-state index in [-0.39, 0.29) is 36.8 Å². The van der Waals surface area contributed by atoms with Crippen LogP contribution in [0.25, 0.3) is 0 Å². The summed E-state index contributed by atoms with van der Waals surface area (Å²) in [7, 11) is 1.70. The van der Waals surface area contributed by atoms with Gasteiger partial charge in [0.05, 0.1) is 24.0 Å². The zero-order valence-electron chi connectivity index (χ0n) is 21.2. The van der Waals surface area contributed by atoms with Crippen molar-refractivity contribution in [2.75, 3.05) is 39.8 Å². The summed E-state index contributed by atoms with van der Waals surface area (Å²) in [4.78, 5) is 46.2. The Morgan fingerprint density at radius 3 is 2.50 bits per heavy atom. The minimum absolute atomic E-state index is 0.0139. The fourth-order valence-electron chi connectivity index (χ4n) is 6.44. The third-order valence-corrected chi connectivity index (χ3v) is 8.13. The van der Waals surface area contributed by atoms with Gasteiger partial charge in [-0.25, -0.2) is 0 Å². The molecule has 8 nitrogen and oxygen atoms in total. The van der Waals surface area contributed by atoms with Crippen LogP contribution in [0.5, 0.6) is 0 Å². The van der Waals surface area contributed by atoms with E-state index in [9.17, 15) is 19.5 Å². The molecule has 0 aliphatic carbocycles. The molecule has 34 heavy (non-hydrogen) atoms. The second-order valence-corrected chi connectivity index (χ2v) is 10.2. The summed E-state index contributed by atoms with van der Waals surface area (Å²) in [6.07, 6.45) is 6.75. The second kappa shape index (κ2) is 10.2. The molecule has 190 valence electrons. The number of carbonyl (C=O) groups excluding carboxylic acids is 3. The molecular weight excluding hydrogens is 434 g/mol. The number of nitrogens with zero attached hydrogens (tertiary/aromatic N) is 3. The Balaban J connectivity index is 2.05. The molecule has 2 bridgehead atoms. The molecule has 3 heterocycles. The van der Waals surface area contributed by atoms with Gasteiger partial charge < -0.3 is 24.5 Å². The minimum Gasteiger partial charge on any atom is -0.395 e. The van der Waals surface area contributed by atoms with Crippen LogP contribution in [-0.2, 0) is 19.1 Å². The number of carbonyl (C=O) groups is 3. The van der Waals surface area contributed by atoms with Crippen molar-refractivity contribution in [3.8, 4) is 0 Å². The Bertz CT molecular complexity index is 831. The molecule has 8 heteroatoms.